The molecule has 15 heavy (non-hydrogen) atoms. The third kappa shape index (κ3) is 1.99. The Morgan fingerprint density at radius 1 is 1.40 bits per heavy atom. The second kappa shape index (κ2) is 4.14. The van der Waals surface area contributed by atoms with Gasteiger partial charge in [0.2, 0.25) is 0 Å². The van der Waals surface area contributed by atoms with Crippen LogP contribution in [-0.4, -0.2) is 17.3 Å². The number of aromatic amines is 1. The monoisotopic (exact) mass is 203 g/mol. The van der Waals surface area contributed by atoms with Crippen molar-refractivity contribution in [1.82, 2.24) is 10.2 Å². The molecule has 0 aliphatic heterocycles. The van der Waals surface area contributed by atoms with E-state index in [0.29, 0.717) is 12.4 Å². The minimum absolute atomic E-state index is 0.497. The van der Waals surface area contributed by atoms with Crippen molar-refractivity contribution in [2.45, 2.75) is 6.61 Å². The van der Waals surface area contributed by atoms with Gasteiger partial charge in [-0.05, 0) is 5.56 Å². The number of H-pyrrole nitrogens is 1. The van der Waals surface area contributed by atoms with Gasteiger partial charge in [0.05, 0.1) is 12.3 Å². The van der Waals surface area contributed by atoms with Gasteiger partial charge in [-0.1, -0.05) is 24.3 Å². The lowest BCUT2D eigenvalue weighted by Gasteiger charge is -2.05. The highest BCUT2D eigenvalue weighted by Crippen LogP contribution is 2.23. The van der Waals surface area contributed by atoms with Crippen LogP contribution in [0, 0.1) is 0 Å². The van der Waals surface area contributed by atoms with Crippen molar-refractivity contribution in [3.63, 3.8) is 0 Å². The van der Waals surface area contributed by atoms with Crippen molar-refractivity contribution >= 4 is 5.82 Å². The van der Waals surface area contributed by atoms with E-state index in [2.05, 4.69) is 10.2 Å². The normalized spacial score (nSPS) is 10.5. The molecule has 0 spiro atoms. The molecule has 4 nitrogen and oxygen atoms in total. The molecule has 0 amide bonds. The Bertz CT molecular complexity index is 451. The van der Waals surface area contributed by atoms with E-state index in [1.807, 2.05) is 30.3 Å². The molecule has 1 heterocycles. The van der Waals surface area contributed by atoms with Crippen molar-refractivity contribution in [2.24, 2.45) is 0 Å². The second-order valence-electron chi connectivity index (χ2n) is 3.30. The van der Waals surface area contributed by atoms with Gasteiger partial charge in [0, 0.05) is 18.7 Å². The average Bonchev–Trinajstić information content (AvgIpc) is 2.66. The molecule has 1 aromatic carbocycles. The van der Waals surface area contributed by atoms with E-state index in [0.717, 1.165) is 16.8 Å². The first-order chi connectivity index (χ1) is 7.31. The number of methoxy groups -OCH3 is 1. The molecule has 0 aliphatic rings. The lowest BCUT2D eigenvalue weighted by Crippen LogP contribution is -1.91. The number of ether oxygens (including phenoxy) is 1. The van der Waals surface area contributed by atoms with Crippen molar-refractivity contribution in [1.29, 1.82) is 0 Å². The third-order valence-corrected chi connectivity index (χ3v) is 2.21. The van der Waals surface area contributed by atoms with Crippen LogP contribution in [0.4, 0.5) is 5.82 Å². The lowest BCUT2D eigenvalue weighted by molar-refractivity contribution is 0.185. The predicted molar refractivity (Wildman–Crippen MR) is 59.1 cm³/mol. The highest BCUT2D eigenvalue weighted by Gasteiger charge is 2.06. The summed E-state index contributed by atoms with van der Waals surface area (Å²) in [5.41, 5.74) is 8.67. The molecule has 2 aromatic rings. The summed E-state index contributed by atoms with van der Waals surface area (Å²) in [6, 6.07) is 9.81. The fourth-order valence-corrected chi connectivity index (χ4v) is 1.54. The number of aromatic nitrogens is 2. The number of benzene rings is 1. The van der Waals surface area contributed by atoms with Gasteiger partial charge in [-0.2, -0.15) is 5.10 Å². The number of nitrogen functional groups attached to an aromatic ring is 1. The summed E-state index contributed by atoms with van der Waals surface area (Å²) in [6.45, 7) is 0.578. The highest BCUT2D eigenvalue weighted by molar-refractivity contribution is 5.65. The molecule has 0 saturated heterocycles. The second-order valence-corrected chi connectivity index (χ2v) is 3.30. The van der Waals surface area contributed by atoms with E-state index in [4.69, 9.17) is 10.5 Å². The molecule has 0 aliphatic carbocycles. The Morgan fingerprint density at radius 2 is 2.20 bits per heavy atom. The van der Waals surface area contributed by atoms with Crippen molar-refractivity contribution in [3.8, 4) is 11.3 Å². The maximum Gasteiger partial charge on any atom is 0.145 e. The van der Waals surface area contributed by atoms with E-state index < -0.39 is 0 Å². The number of nitrogens with zero attached hydrogens (tertiary/aromatic N) is 1. The first-order valence-electron chi connectivity index (χ1n) is 4.69. The number of nitrogens with two attached hydrogens (primary N) is 1. The van der Waals surface area contributed by atoms with Crippen LogP contribution < -0.4 is 5.73 Å². The first-order valence-corrected chi connectivity index (χ1v) is 4.69. The van der Waals surface area contributed by atoms with Crippen LogP contribution in [0.2, 0.25) is 0 Å². The van der Waals surface area contributed by atoms with Crippen LogP contribution >= 0.6 is 0 Å². The number of nitrogens with one attached hydrogen (secondary N) is 1. The molecule has 2 rings (SSSR count). The van der Waals surface area contributed by atoms with Crippen LogP contribution in [0.15, 0.2) is 30.3 Å². The number of anilines is 1. The average molecular weight is 203 g/mol. The van der Waals surface area contributed by atoms with Crippen LogP contribution in [0.5, 0.6) is 0 Å². The number of rotatable bonds is 3. The van der Waals surface area contributed by atoms with E-state index in [-0.39, 0.29) is 0 Å². The summed E-state index contributed by atoms with van der Waals surface area (Å²) in [5.74, 6) is 0.497. The zero-order valence-corrected chi connectivity index (χ0v) is 8.53. The van der Waals surface area contributed by atoms with Gasteiger partial charge in [0.15, 0.2) is 0 Å². The maximum absolute atomic E-state index is 5.57. The minimum Gasteiger partial charge on any atom is -0.382 e. The van der Waals surface area contributed by atoms with E-state index >= 15 is 0 Å². The number of hydrogen-bond acceptors (Lipinski definition) is 3. The van der Waals surface area contributed by atoms with Crippen LogP contribution in [0.3, 0.4) is 0 Å². The van der Waals surface area contributed by atoms with Gasteiger partial charge in [-0.15, -0.1) is 0 Å². The zero-order valence-electron chi connectivity index (χ0n) is 8.53. The van der Waals surface area contributed by atoms with Crippen LogP contribution in [0.25, 0.3) is 11.3 Å². The predicted octanol–water partition coefficient (Wildman–Crippen LogP) is 1.81. The van der Waals surface area contributed by atoms with Gasteiger partial charge < -0.3 is 10.5 Å². The molecule has 78 valence electrons. The molecule has 4 heteroatoms. The van der Waals surface area contributed by atoms with Gasteiger partial charge in [-0.25, -0.2) is 0 Å². The Morgan fingerprint density at radius 3 is 2.87 bits per heavy atom. The van der Waals surface area contributed by atoms with Gasteiger partial charge in [0.25, 0.3) is 0 Å². The summed E-state index contributed by atoms with van der Waals surface area (Å²) in [7, 11) is 1.68. The maximum atomic E-state index is 5.57. The molecule has 0 atom stereocenters. The summed E-state index contributed by atoms with van der Waals surface area (Å²) in [6.07, 6.45) is 0. The fourth-order valence-electron chi connectivity index (χ4n) is 1.54. The summed E-state index contributed by atoms with van der Waals surface area (Å²) in [5, 5.41) is 6.80. The minimum atomic E-state index is 0.497. The Labute approximate surface area is 88.1 Å². The largest absolute Gasteiger partial charge is 0.382 e. The first kappa shape index (κ1) is 9.73. The molecule has 0 fully saturated rings. The van der Waals surface area contributed by atoms with Crippen LogP contribution in [-0.2, 0) is 11.3 Å². The molecular formula is C11H13N3O. The number of hydrogen-bond donors (Lipinski definition) is 2. The SMILES string of the molecule is COCc1ccccc1-c1cc(N)n[nH]1. The molecular weight excluding hydrogens is 190 g/mol. The quantitative estimate of drug-likeness (QED) is 0.799. The topological polar surface area (TPSA) is 63.9 Å². The Balaban J connectivity index is 2.42. The van der Waals surface area contributed by atoms with Gasteiger partial charge >= 0.3 is 0 Å². The fraction of sp³-hybridized carbons (Fsp3) is 0.182. The zero-order chi connectivity index (χ0) is 10.7. The van der Waals surface area contributed by atoms with Crippen molar-refractivity contribution in [2.75, 3.05) is 12.8 Å². The molecule has 0 radical (unpaired) electrons. The smallest absolute Gasteiger partial charge is 0.145 e. The third-order valence-electron chi connectivity index (χ3n) is 2.21. The standard InChI is InChI=1S/C11H13N3O/c1-15-7-8-4-2-3-5-9(8)10-6-11(12)14-13-10/h2-6H,7H2,1H3,(H3,12,13,14). The highest BCUT2D eigenvalue weighted by atomic mass is 16.5. The molecule has 3 N–H and O–H groups in total. The van der Waals surface area contributed by atoms with Gasteiger partial charge in [0.1, 0.15) is 5.82 Å². The molecule has 1 aromatic heterocycles. The van der Waals surface area contributed by atoms with Gasteiger partial charge in [-0.3, -0.25) is 5.10 Å². The van der Waals surface area contributed by atoms with Crippen LogP contribution in [0.1, 0.15) is 5.56 Å². The molecule has 0 unspecified atom stereocenters. The Kier molecular flexibility index (Phi) is 2.69. The van der Waals surface area contributed by atoms with E-state index in [1.54, 1.807) is 7.11 Å². The summed E-state index contributed by atoms with van der Waals surface area (Å²) in [4.78, 5) is 0. The Hall–Kier alpha value is -1.81. The molecule has 0 saturated carbocycles. The van der Waals surface area contributed by atoms with Crippen molar-refractivity contribution < 1.29 is 4.74 Å². The summed E-state index contributed by atoms with van der Waals surface area (Å²) >= 11 is 0. The molecule has 0 bridgehead atoms. The summed E-state index contributed by atoms with van der Waals surface area (Å²) < 4.78 is 5.13. The lowest BCUT2D eigenvalue weighted by atomic mass is 10.1. The van der Waals surface area contributed by atoms with E-state index in [1.165, 1.54) is 0 Å². The van der Waals surface area contributed by atoms with Crippen molar-refractivity contribution in [3.05, 3.63) is 35.9 Å². The van der Waals surface area contributed by atoms with E-state index in [9.17, 15) is 0 Å².